The fourth-order valence-corrected chi connectivity index (χ4v) is 3.69. The van der Waals surface area contributed by atoms with Crippen molar-refractivity contribution in [2.75, 3.05) is 14.2 Å². The zero-order chi connectivity index (χ0) is 21.0. The van der Waals surface area contributed by atoms with Crippen molar-refractivity contribution in [2.45, 2.75) is 26.2 Å². The first kappa shape index (κ1) is 21.5. The van der Waals surface area contributed by atoms with Crippen molar-refractivity contribution in [3.05, 3.63) is 61.0 Å². The molecule has 3 rings (SSSR count). The molecule has 0 unspecified atom stereocenters. The Morgan fingerprint density at radius 1 is 1.14 bits per heavy atom. The molecule has 0 bridgehead atoms. The molecule has 0 amide bonds. The van der Waals surface area contributed by atoms with E-state index in [9.17, 15) is 4.79 Å². The minimum Gasteiger partial charge on any atom is -0.493 e. The summed E-state index contributed by atoms with van der Waals surface area (Å²) in [5, 5.41) is 4.99. The van der Waals surface area contributed by atoms with Crippen LogP contribution in [-0.4, -0.2) is 30.1 Å². The number of hydrogen-bond donors (Lipinski definition) is 0. The van der Waals surface area contributed by atoms with E-state index in [4.69, 9.17) is 9.47 Å². The average Bonchev–Trinajstić information content (AvgIpc) is 2.72. The Kier molecular flexibility index (Phi) is 7.08. The number of aromatic nitrogens is 2. The van der Waals surface area contributed by atoms with Crippen molar-refractivity contribution < 1.29 is 9.47 Å². The van der Waals surface area contributed by atoms with Crippen molar-refractivity contribution in [1.29, 1.82) is 0 Å². The predicted octanol–water partition coefficient (Wildman–Crippen LogP) is 5.16. The number of methoxy groups -OCH3 is 2. The number of unbranched alkanes of at least 4 members (excludes halogenated alkanes) is 1. The van der Waals surface area contributed by atoms with E-state index in [1.54, 1.807) is 38.6 Å². The third kappa shape index (κ3) is 4.70. The van der Waals surface area contributed by atoms with Crippen LogP contribution >= 0.6 is 31.9 Å². The van der Waals surface area contributed by atoms with E-state index in [0.29, 0.717) is 34.6 Å². The summed E-state index contributed by atoms with van der Waals surface area (Å²) in [6, 6.07) is 9.10. The second-order valence-corrected chi connectivity index (χ2v) is 8.15. The first-order chi connectivity index (χ1) is 14.0. The van der Waals surface area contributed by atoms with Crippen LogP contribution in [0, 0.1) is 0 Å². The predicted molar refractivity (Wildman–Crippen MR) is 123 cm³/mol. The van der Waals surface area contributed by atoms with Gasteiger partial charge in [0, 0.05) is 20.9 Å². The molecule has 152 valence electrons. The van der Waals surface area contributed by atoms with Crippen molar-refractivity contribution in [3.63, 3.8) is 0 Å². The summed E-state index contributed by atoms with van der Waals surface area (Å²) >= 11 is 6.94. The van der Waals surface area contributed by atoms with Gasteiger partial charge < -0.3 is 9.47 Å². The van der Waals surface area contributed by atoms with Crippen LogP contribution in [0.2, 0.25) is 0 Å². The molecule has 2 aromatic carbocycles. The Hall–Kier alpha value is -2.19. The topological polar surface area (TPSA) is 65.7 Å². The number of rotatable bonds is 7. The lowest BCUT2D eigenvalue weighted by molar-refractivity contribution is 0.354. The fourth-order valence-electron chi connectivity index (χ4n) is 2.90. The van der Waals surface area contributed by atoms with Gasteiger partial charge in [-0.2, -0.15) is 9.78 Å². The molecule has 29 heavy (non-hydrogen) atoms. The lowest BCUT2D eigenvalue weighted by Gasteiger charge is -2.11. The monoisotopic (exact) mass is 521 g/mol. The van der Waals surface area contributed by atoms with Crippen LogP contribution in [0.1, 0.15) is 31.2 Å². The number of ether oxygens (including phenoxy) is 2. The van der Waals surface area contributed by atoms with Gasteiger partial charge in [0.15, 0.2) is 11.5 Å². The van der Waals surface area contributed by atoms with Crippen molar-refractivity contribution in [1.82, 2.24) is 9.66 Å². The molecule has 0 atom stereocenters. The van der Waals surface area contributed by atoms with E-state index in [0.717, 1.165) is 27.4 Å². The molecule has 0 saturated carbocycles. The third-order valence-corrected chi connectivity index (χ3v) is 5.62. The van der Waals surface area contributed by atoms with E-state index < -0.39 is 0 Å². The molecule has 0 saturated heterocycles. The van der Waals surface area contributed by atoms with Crippen molar-refractivity contribution in [2.24, 2.45) is 5.10 Å². The highest BCUT2D eigenvalue weighted by atomic mass is 79.9. The largest absolute Gasteiger partial charge is 0.493 e. The van der Waals surface area contributed by atoms with Crippen LogP contribution in [-0.2, 0) is 6.42 Å². The van der Waals surface area contributed by atoms with Crippen LogP contribution in [0.5, 0.6) is 11.5 Å². The molecule has 0 radical (unpaired) electrons. The normalized spacial score (nSPS) is 11.3. The summed E-state index contributed by atoms with van der Waals surface area (Å²) in [5.41, 5.74) is 1.23. The highest BCUT2D eigenvalue weighted by Crippen LogP contribution is 2.32. The van der Waals surface area contributed by atoms with Gasteiger partial charge >= 0.3 is 0 Å². The Morgan fingerprint density at radius 3 is 2.55 bits per heavy atom. The number of aryl methyl sites for hydroxylation is 1. The maximum absolute atomic E-state index is 13.1. The van der Waals surface area contributed by atoms with Crippen LogP contribution in [0.4, 0.5) is 0 Å². The number of benzene rings is 2. The number of hydrogen-bond acceptors (Lipinski definition) is 5. The quantitative estimate of drug-likeness (QED) is 0.402. The highest BCUT2D eigenvalue weighted by Gasteiger charge is 2.12. The highest BCUT2D eigenvalue weighted by molar-refractivity contribution is 9.10. The maximum Gasteiger partial charge on any atom is 0.282 e. The van der Waals surface area contributed by atoms with E-state index >= 15 is 0 Å². The Labute approximate surface area is 185 Å². The second-order valence-electron chi connectivity index (χ2n) is 6.38. The Balaban J connectivity index is 2.13. The summed E-state index contributed by atoms with van der Waals surface area (Å²) in [6.07, 6.45) is 4.21. The molecule has 3 aromatic rings. The molecular formula is C21H21Br2N3O3. The van der Waals surface area contributed by atoms with Gasteiger partial charge in [-0.3, -0.25) is 4.79 Å². The van der Waals surface area contributed by atoms with E-state index in [1.165, 1.54) is 4.68 Å². The van der Waals surface area contributed by atoms with E-state index in [1.807, 2.05) is 12.1 Å². The molecule has 0 fully saturated rings. The SMILES string of the molecule is CCCCc1nc2ccc(Br)cc2c(=O)n1N=Cc1cc(OC)c(OC)cc1Br. The fraction of sp³-hybridized carbons (Fsp3) is 0.286. The van der Waals surface area contributed by atoms with Gasteiger partial charge in [-0.25, -0.2) is 4.98 Å². The molecule has 0 aliphatic carbocycles. The Bertz CT molecular complexity index is 1130. The second kappa shape index (κ2) is 9.54. The van der Waals surface area contributed by atoms with Crippen LogP contribution in [0.25, 0.3) is 10.9 Å². The Morgan fingerprint density at radius 2 is 1.86 bits per heavy atom. The minimum absolute atomic E-state index is 0.199. The van der Waals surface area contributed by atoms with Gasteiger partial charge in [0.2, 0.25) is 0 Å². The lowest BCUT2D eigenvalue weighted by atomic mass is 10.2. The third-order valence-electron chi connectivity index (χ3n) is 4.44. The van der Waals surface area contributed by atoms with Gasteiger partial charge in [0.25, 0.3) is 5.56 Å². The van der Waals surface area contributed by atoms with Crippen LogP contribution in [0.3, 0.4) is 0 Å². The van der Waals surface area contributed by atoms with Crippen molar-refractivity contribution >= 4 is 49.0 Å². The summed E-state index contributed by atoms with van der Waals surface area (Å²) < 4.78 is 13.7. The average molecular weight is 523 g/mol. The molecule has 1 aromatic heterocycles. The molecular weight excluding hydrogens is 502 g/mol. The number of fused-ring (bicyclic) bond motifs is 1. The first-order valence-electron chi connectivity index (χ1n) is 9.15. The molecule has 0 spiro atoms. The van der Waals surface area contributed by atoms with Gasteiger partial charge in [0.05, 0.1) is 31.3 Å². The molecule has 8 heteroatoms. The molecule has 1 heterocycles. The van der Waals surface area contributed by atoms with Gasteiger partial charge in [-0.15, -0.1) is 0 Å². The zero-order valence-electron chi connectivity index (χ0n) is 16.4. The summed E-state index contributed by atoms with van der Waals surface area (Å²) in [5.74, 6) is 1.82. The smallest absolute Gasteiger partial charge is 0.282 e. The number of nitrogens with zero attached hydrogens (tertiary/aromatic N) is 3. The summed E-state index contributed by atoms with van der Waals surface area (Å²) in [6.45, 7) is 2.10. The van der Waals surface area contributed by atoms with Crippen molar-refractivity contribution in [3.8, 4) is 11.5 Å². The van der Waals surface area contributed by atoms with Gasteiger partial charge in [0.1, 0.15) is 5.82 Å². The lowest BCUT2D eigenvalue weighted by Crippen LogP contribution is -2.22. The van der Waals surface area contributed by atoms with E-state index in [-0.39, 0.29) is 5.56 Å². The van der Waals surface area contributed by atoms with Crippen LogP contribution < -0.4 is 15.0 Å². The number of halogens is 2. The summed E-state index contributed by atoms with van der Waals surface area (Å²) in [7, 11) is 3.15. The molecule has 0 aliphatic heterocycles. The van der Waals surface area contributed by atoms with Gasteiger partial charge in [-0.1, -0.05) is 29.3 Å². The zero-order valence-corrected chi connectivity index (χ0v) is 19.6. The molecule has 6 nitrogen and oxygen atoms in total. The standard InChI is InChI=1S/C21H21Br2N3O3/c1-4-5-6-20-25-17-8-7-14(22)10-15(17)21(27)26(20)24-12-13-9-18(28-2)19(29-3)11-16(13)23/h7-12H,4-6H2,1-3H3. The summed E-state index contributed by atoms with van der Waals surface area (Å²) in [4.78, 5) is 17.8. The first-order valence-corrected chi connectivity index (χ1v) is 10.7. The molecule has 0 N–H and O–H groups in total. The van der Waals surface area contributed by atoms with Crippen LogP contribution in [0.15, 0.2) is 49.2 Å². The van der Waals surface area contributed by atoms with Gasteiger partial charge in [-0.05, 0) is 52.7 Å². The van der Waals surface area contributed by atoms with E-state index in [2.05, 4.69) is 48.9 Å². The maximum atomic E-state index is 13.1. The molecule has 0 aliphatic rings. The minimum atomic E-state index is -0.199.